The molecule has 0 saturated heterocycles. The summed E-state index contributed by atoms with van der Waals surface area (Å²) in [6.07, 6.45) is 2.17. The van der Waals surface area contributed by atoms with Crippen LogP contribution in [0.4, 0.5) is 5.69 Å². The van der Waals surface area contributed by atoms with Crippen LogP contribution in [0.15, 0.2) is 24.3 Å². The van der Waals surface area contributed by atoms with Gasteiger partial charge in [-0.25, -0.2) is 0 Å². The number of hydrogen-bond donors (Lipinski definition) is 1. The highest BCUT2D eigenvalue weighted by molar-refractivity contribution is 5.36. The number of nitrogens with one attached hydrogen (secondary N) is 1. The zero-order valence-corrected chi connectivity index (χ0v) is 11.6. The molecule has 1 aliphatic carbocycles. The first-order valence-electron chi connectivity index (χ1n) is 6.59. The summed E-state index contributed by atoms with van der Waals surface area (Å²) in [5.41, 5.74) is 0.212. The number of nitro benzene ring substituents is 1. The molecule has 0 aromatic heterocycles. The van der Waals surface area contributed by atoms with Crippen molar-refractivity contribution in [2.45, 2.75) is 38.8 Å². The van der Waals surface area contributed by atoms with Gasteiger partial charge in [-0.3, -0.25) is 10.1 Å². The Hall–Kier alpha value is -1.62. The van der Waals surface area contributed by atoms with E-state index in [0.717, 1.165) is 12.8 Å². The van der Waals surface area contributed by atoms with Gasteiger partial charge in [-0.05, 0) is 25.6 Å². The third-order valence-electron chi connectivity index (χ3n) is 4.42. The zero-order chi connectivity index (χ0) is 14.0. The molecule has 2 rings (SSSR count). The van der Waals surface area contributed by atoms with Gasteiger partial charge in [-0.2, -0.15) is 0 Å². The van der Waals surface area contributed by atoms with E-state index in [9.17, 15) is 10.1 Å². The lowest BCUT2D eigenvalue weighted by atomic mass is 9.61. The first kappa shape index (κ1) is 13.8. The summed E-state index contributed by atoms with van der Waals surface area (Å²) in [4.78, 5) is 10.2. The van der Waals surface area contributed by atoms with Crippen LogP contribution in [0.25, 0.3) is 0 Å². The molecule has 0 radical (unpaired) electrons. The molecule has 1 aromatic carbocycles. The highest BCUT2D eigenvalue weighted by atomic mass is 16.6. The SMILES string of the molecule is CCC1(C)C(NC)CC1Oc1ccc([N+](=O)[O-])cc1. The molecule has 104 valence electrons. The maximum atomic E-state index is 10.6. The molecule has 0 bridgehead atoms. The maximum absolute atomic E-state index is 10.6. The van der Waals surface area contributed by atoms with Gasteiger partial charge in [0.2, 0.25) is 0 Å². The normalized spacial score (nSPS) is 29.6. The summed E-state index contributed by atoms with van der Waals surface area (Å²) in [5.74, 6) is 0.699. The van der Waals surface area contributed by atoms with Crippen LogP contribution in [0.3, 0.4) is 0 Å². The van der Waals surface area contributed by atoms with Crippen LogP contribution in [0.1, 0.15) is 26.7 Å². The maximum Gasteiger partial charge on any atom is 0.269 e. The van der Waals surface area contributed by atoms with Crippen LogP contribution in [-0.2, 0) is 0 Å². The molecule has 1 saturated carbocycles. The Morgan fingerprint density at radius 2 is 2.11 bits per heavy atom. The predicted molar refractivity (Wildman–Crippen MR) is 73.4 cm³/mol. The summed E-state index contributed by atoms with van der Waals surface area (Å²) in [6.45, 7) is 4.38. The van der Waals surface area contributed by atoms with Crippen LogP contribution >= 0.6 is 0 Å². The number of ether oxygens (including phenoxy) is 1. The van der Waals surface area contributed by atoms with Gasteiger partial charge in [0, 0.05) is 30.0 Å². The van der Waals surface area contributed by atoms with Crippen molar-refractivity contribution in [3.05, 3.63) is 34.4 Å². The quantitative estimate of drug-likeness (QED) is 0.656. The molecule has 5 heteroatoms. The van der Waals surface area contributed by atoms with Crippen molar-refractivity contribution < 1.29 is 9.66 Å². The molecule has 19 heavy (non-hydrogen) atoms. The number of nitrogens with zero attached hydrogens (tertiary/aromatic N) is 1. The fourth-order valence-electron chi connectivity index (χ4n) is 2.73. The fourth-order valence-corrected chi connectivity index (χ4v) is 2.73. The Kier molecular flexibility index (Phi) is 3.75. The molecule has 5 nitrogen and oxygen atoms in total. The number of non-ortho nitro benzene ring substituents is 1. The summed E-state index contributed by atoms with van der Waals surface area (Å²) in [5, 5.41) is 13.9. The van der Waals surface area contributed by atoms with Crippen LogP contribution in [0.2, 0.25) is 0 Å². The average molecular weight is 264 g/mol. The fraction of sp³-hybridized carbons (Fsp3) is 0.571. The van der Waals surface area contributed by atoms with Gasteiger partial charge in [-0.15, -0.1) is 0 Å². The molecular weight excluding hydrogens is 244 g/mol. The standard InChI is InChI=1S/C14H20N2O3/c1-4-14(2)12(15-3)9-13(14)19-11-7-5-10(6-8-11)16(17)18/h5-8,12-13,15H,4,9H2,1-3H3. The van der Waals surface area contributed by atoms with Crippen molar-refractivity contribution in [2.75, 3.05) is 7.05 Å². The highest BCUT2D eigenvalue weighted by Crippen LogP contribution is 2.45. The Morgan fingerprint density at radius 3 is 2.58 bits per heavy atom. The van der Waals surface area contributed by atoms with E-state index in [2.05, 4.69) is 19.2 Å². The molecule has 1 N–H and O–H groups in total. The first-order chi connectivity index (χ1) is 9.01. The molecule has 0 heterocycles. The van der Waals surface area contributed by atoms with E-state index in [0.29, 0.717) is 11.8 Å². The highest BCUT2D eigenvalue weighted by Gasteiger charge is 2.51. The topological polar surface area (TPSA) is 64.4 Å². The summed E-state index contributed by atoms with van der Waals surface area (Å²) in [7, 11) is 1.97. The average Bonchev–Trinajstić information content (AvgIpc) is 2.42. The minimum absolute atomic E-state index is 0.0901. The monoisotopic (exact) mass is 264 g/mol. The minimum Gasteiger partial charge on any atom is -0.490 e. The molecule has 1 aliphatic rings. The molecule has 0 spiro atoms. The van der Waals surface area contributed by atoms with Crippen LogP contribution in [0, 0.1) is 15.5 Å². The van der Waals surface area contributed by atoms with Crippen molar-refractivity contribution in [2.24, 2.45) is 5.41 Å². The molecule has 1 fully saturated rings. The lowest BCUT2D eigenvalue weighted by Crippen LogP contribution is -2.62. The van der Waals surface area contributed by atoms with Crippen molar-refractivity contribution in [1.82, 2.24) is 5.32 Å². The second kappa shape index (κ2) is 5.17. The van der Waals surface area contributed by atoms with Gasteiger partial charge in [0.25, 0.3) is 5.69 Å². The van der Waals surface area contributed by atoms with E-state index in [1.807, 2.05) is 7.05 Å². The zero-order valence-electron chi connectivity index (χ0n) is 11.6. The number of rotatable bonds is 5. The lowest BCUT2D eigenvalue weighted by Gasteiger charge is -2.53. The van der Waals surface area contributed by atoms with Crippen molar-refractivity contribution >= 4 is 5.69 Å². The van der Waals surface area contributed by atoms with Crippen LogP contribution < -0.4 is 10.1 Å². The summed E-state index contributed by atoms with van der Waals surface area (Å²) < 4.78 is 5.96. The van der Waals surface area contributed by atoms with E-state index in [1.165, 1.54) is 12.1 Å². The Morgan fingerprint density at radius 1 is 1.47 bits per heavy atom. The largest absolute Gasteiger partial charge is 0.490 e. The van der Waals surface area contributed by atoms with Gasteiger partial charge in [-0.1, -0.05) is 13.8 Å². The van der Waals surface area contributed by atoms with E-state index < -0.39 is 4.92 Å². The molecule has 0 aliphatic heterocycles. The Labute approximate surface area is 113 Å². The van der Waals surface area contributed by atoms with E-state index in [4.69, 9.17) is 4.74 Å². The third-order valence-corrected chi connectivity index (χ3v) is 4.42. The molecule has 1 aromatic rings. The number of hydrogen-bond acceptors (Lipinski definition) is 4. The molecule has 0 amide bonds. The van der Waals surface area contributed by atoms with E-state index >= 15 is 0 Å². The van der Waals surface area contributed by atoms with Crippen molar-refractivity contribution in [1.29, 1.82) is 0 Å². The lowest BCUT2D eigenvalue weighted by molar-refractivity contribution is -0.384. The van der Waals surface area contributed by atoms with Crippen LogP contribution in [0.5, 0.6) is 5.75 Å². The second-order valence-corrected chi connectivity index (χ2v) is 5.29. The Bertz CT molecular complexity index is 460. The predicted octanol–water partition coefficient (Wildman–Crippen LogP) is 2.75. The smallest absolute Gasteiger partial charge is 0.269 e. The van der Waals surface area contributed by atoms with E-state index in [1.54, 1.807) is 12.1 Å². The number of benzene rings is 1. The summed E-state index contributed by atoms with van der Waals surface area (Å²) in [6, 6.07) is 6.77. The van der Waals surface area contributed by atoms with Gasteiger partial charge in [0.15, 0.2) is 0 Å². The molecule has 3 unspecified atom stereocenters. The van der Waals surface area contributed by atoms with Crippen molar-refractivity contribution in [3.63, 3.8) is 0 Å². The first-order valence-corrected chi connectivity index (χ1v) is 6.59. The summed E-state index contributed by atoms with van der Waals surface area (Å²) >= 11 is 0. The third kappa shape index (κ3) is 2.42. The minimum atomic E-state index is -0.402. The van der Waals surface area contributed by atoms with Crippen LogP contribution in [-0.4, -0.2) is 24.1 Å². The Balaban J connectivity index is 2.04. The van der Waals surface area contributed by atoms with Gasteiger partial charge in [0.1, 0.15) is 11.9 Å². The van der Waals surface area contributed by atoms with Crippen molar-refractivity contribution in [3.8, 4) is 5.75 Å². The number of nitro groups is 1. The second-order valence-electron chi connectivity index (χ2n) is 5.29. The van der Waals surface area contributed by atoms with Gasteiger partial charge in [0.05, 0.1) is 4.92 Å². The molecule has 3 atom stereocenters. The van der Waals surface area contributed by atoms with E-state index in [-0.39, 0.29) is 17.2 Å². The van der Waals surface area contributed by atoms with Gasteiger partial charge >= 0.3 is 0 Å². The molecular formula is C14H20N2O3. The van der Waals surface area contributed by atoms with Gasteiger partial charge < -0.3 is 10.1 Å².